The number of nitrogens with one attached hydrogen (secondary N) is 1. The van der Waals surface area contributed by atoms with E-state index in [1.807, 2.05) is 42.5 Å². The minimum Gasteiger partial charge on any atom is -0.407 e. The molecule has 1 amide bonds. The summed E-state index contributed by atoms with van der Waals surface area (Å²) in [6.45, 7) is 8.95. The van der Waals surface area contributed by atoms with Crippen molar-refractivity contribution in [1.29, 1.82) is 0 Å². The number of anilines is 1. The second kappa shape index (κ2) is 26.2. The molecule has 17 nitrogen and oxygen atoms in total. The van der Waals surface area contributed by atoms with Crippen LogP contribution >= 0.6 is 70.8 Å². The number of pyridine rings is 5. The fraction of sp³-hybridized carbons (Fsp3) is 0.255. The summed E-state index contributed by atoms with van der Waals surface area (Å²) < 4.78 is 19.0. The molecule has 7 aromatic heterocycles. The van der Waals surface area contributed by atoms with Crippen LogP contribution in [0.2, 0.25) is 0 Å². The van der Waals surface area contributed by atoms with Gasteiger partial charge in [-0.25, -0.2) is 34.9 Å². The molecule has 3 aliphatic rings. The van der Waals surface area contributed by atoms with Gasteiger partial charge in [0.1, 0.15) is 23.0 Å². The maximum absolute atomic E-state index is 12.5. The first kappa shape index (κ1) is 54.9. The van der Waals surface area contributed by atoms with Crippen LogP contribution in [0.25, 0.3) is 22.1 Å². The van der Waals surface area contributed by atoms with Crippen LogP contribution < -0.4 is 26.9 Å². The van der Waals surface area contributed by atoms with Crippen LogP contribution in [0.3, 0.4) is 0 Å². The number of carbonyl (C=O) groups excluding carboxylic acids is 2. The predicted molar refractivity (Wildman–Crippen MR) is 278 cm³/mol. The molecule has 3 unspecified atom stereocenters. The molecule has 23 heteroatoms. The highest BCUT2D eigenvalue weighted by Gasteiger charge is 2.23. The molecule has 3 N–H and O–H groups in total. The Bertz CT molecular complexity index is 3250. The van der Waals surface area contributed by atoms with Crippen molar-refractivity contribution >= 4 is 111 Å². The smallest absolute Gasteiger partial charge is 0.339 e. The van der Waals surface area contributed by atoms with Gasteiger partial charge in [0.2, 0.25) is 11.8 Å². The first-order valence-corrected chi connectivity index (χ1v) is 27.0. The number of nitrogen functional groups attached to an aromatic ring is 1. The molecule has 1 saturated heterocycles. The highest BCUT2D eigenvalue weighted by molar-refractivity contribution is 9.10. The molecule has 0 aliphatic carbocycles. The minimum atomic E-state index is -3.22. The monoisotopic (exact) mass is 1150 g/mol. The Morgan fingerprint density at radius 2 is 1.29 bits per heavy atom. The Kier molecular flexibility index (Phi) is 20.6. The summed E-state index contributed by atoms with van der Waals surface area (Å²) in [6, 6.07) is 16.3. The van der Waals surface area contributed by atoms with E-state index in [1.54, 1.807) is 46.1 Å². The number of nitrogens with two attached hydrogens (primary N) is 1. The predicted octanol–water partition coefficient (Wildman–Crippen LogP) is 8.50. The third-order valence-corrected chi connectivity index (χ3v) is 10.6. The highest BCUT2D eigenvalue weighted by atomic mass is 79.9. The van der Waals surface area contributed by atoms with Gasteiger partial charge >= 0.3 is 5.20 Å². The number of rotatable bonds is 2. The summed E-state index contributed by atoms with van der Waals surface area (Å²) in [6.07, 6.45) is 15.6. The standard InChI is InChI=1S/C18H14N4O.C11H10BrN3O.C7H5N.C6H5BrN2O2.C5H9NO.Cl3OP/c1-12-8-16-21-15-9-13(5-6-14-4-2-3-7-19-14)10-20-17(15)18(23)22(16)11-12;1-6-2-9-14-8-3-7(12)4-13-10(8)11(16)15(9)5-6;1-2-7-5-3-4-6-8-7;7-4-1-5(8)6(9-2-4)11-3-10;1-4-2-5(7)6-3-4;1-5(2,3)4/h2-4,7,9-10,12H,8,11H2,1H3;3-4,6H,2,5H2,1H3;1,3-6H;1-3H,8H2;4H,2-3H2,1H3,(H,6,7);. The Labute approximate surface area is 433 Å². The second-order valence-electron chi connectivity index (χ2n) is 15.7. The Balaban J connectivity index is 0.000000170. The summed E-state index contributed by atoms with van der Waals surface area (Å²) in [5.74, 6) is 12.0. The number of fused-ring (bicyclic) bond motifs is 4. The number of carbonyl (C=O) groups is 2. The van der Waals surface area contributed by atoms with Gasteiger partial charge in [-0.15, -0.1) is 6.42 Å². The molecule has 0 bridgehead atoms. The second-order valence-corrected chi connectivity index (χ2v) is 24.2. The SMILES string of the molecule is C#Cc1ccccn1.CC1CNC(=O)C1.CC1Cc2nc3cc(Br)cnc3c(=O)n2C1.CC1Cc2nc3cc(C#Cc4ccccn4)cnc3c(=O)n2C1.Nc1cc(Br)cnc1OC=O.O=P(Cl)(Cl)Cl. The van der Waals surface area contributed by atoms with Crippen molar-refractivity contribution in [2.24, 2.45) is 17.8 Å². The van der Waals surface area contributed by atoms with Crippen LogP contribution in [0.15, 0.2) is 104 Å². The fourth-order valence-electron chi connectivity index (χ4n) is 6.76. The van der Waals surface area contributed by atoms with Crippen molar-refractivity contribution in [2.45, 2.75) is 53.1 Å². The van der Waals surface area contributed by atoms with Gasteiger partial charge in [-0.1, -0.05) is 44.7 Å². The van der Waals surface area contributed by atoms with Gasteiger partial charge in [0.05, 0.1) is 16.7 Å². The lowest BCUT2D eigenvalue weighted by atomic mass is 10.1. The van der Waals surface area contributed by atoms with Gasteiger partial charge in [0, 0.05) is 84.4 Å². The van der Waals surface area contributed by atoms with Crippen molar-refractivity contribution in [3.8, 4) is 30.1 Å². The first-order valence-electron chi connectivity index (χ1n) is 21.0. The van der Waals surface area contributed by atoms with E-state index in [2.05, 4.69) is 149 Å². The Morgan fingerprint density at radius 3 is 1.74 bits per heavy atom. The molecule has 362 valence electrons. The highest BCUT2D eigenvalue weighted by Crippen LogP contribution is 2.61. The van der Waals surface area contributed by atoms with Gasteiger partial charge in [0.25, 0.3) is 17.6 Å². The molecule has 10 heterocycles. The van der Waals surface area contributed by atoms with Crippen LogP contribution in [0, 0.1) is 41.9 Å². The van der Waals surface area contributed by atoms with E-state index < -0.39 is 5.20 Å². The molecule has 70 heavy (non-hydrogen) atoms. The maximum Gasteiger partial charge on any atom is 0.339 e. The lowest BCUT2D eigenvalue weighted by Crippen LogP contribution is -2.22. The van der Waals surface area contributed by atoms with Gasteiger partial charge in [-0.3, -0.25) is 32.9 Å². The average Bonchev–Trinajstić information content (AvgIpc) is 4.03. The lowest BCUT2D eigenvalue weighted by Gasteiger charge is -2.04. The normalized spacial score (nSPS) is 15.8. The van der Waals surface area contributed by atoms with E-state index in [0.717, 1.165) is 65.1 Å². The molecular weight excluding hydrogens is 1110 g/mol. The number of terminal acetylenes is 1. The molecule has 7 aromatic rings. The first-order chi connectivity index (χ1) is 33.3. The summed E-state index contributed by atoms with van der Waals surface area (Å²) in [7, 11) is 0. The molecule has 0 spiro atoms. The molecule has 10 rings (SSSR count). The minimum absolute atomic E-state index is 0.0168. The lowest BCUT2D eigenvalue weighted by molar-refractivity contribution is -0.121. The molecule has 3 aliphatic heterocycles. The number of amides is 1. The summed E-state index contributed by atoms with van der Waals surface area (Å²) in [5, 5.41) is -0.492. The van der Waals surface area contributed by atoms with Crippen molar-refractivity contribution in [3.05, 3.63) is 144 Å². The largest absolute Gasteiger partial charge is 0.407 e. The van der Waals surface area contributed by atoms with E-state index in [9.17, 15) is 23.7 Å². The number of ether oxygens (including phenoxy) is 1. The van der Waals surface area contributed by atoms with Crippen molar-refractivity contribution in [1.82, 2.24) is 49.3 Å². The van der Waals surface area contributed by atoms with E-state index in [-0.39, 0.29) is 29.4 Å². The average molecular weight is 1160 g/mol. The zero-order chi connectivity index (χ0) is 51.0. The molecule has 0 radical (unpaired) electrons. The molecule has 0 aromatic carbocycles. The van der Waals surface area contributed by atoms with Gasteiger partial charge < -0.3 is 15.8 Å². The number of aromatic nitrogens is 9. The zero-order valence-electron chi connectivity index (χ0n) is 37.6. The maximum atomic E-state index is 12.5. The van der Waals surface area contributed by atoms with Crippen LogP contribution in [-0.4, -0.2) is 62.9 Å². The molecule has 1 fully saturated rings. The van der Waals surface area contributed by atoms with Crippen LogP contribution in [0.1, 0.15) is 55.8 Å². The zero-order valence-corrected chi connectivity index (χ0v) is 43.9. The van der Waals surface area contributed by atoms with E-state index in [0.29, 0.717) is 56.9 Å². The summed E-state index contributed by atoms with van der Waals surface area (Å²) in [4.78, 5) is 74.1. The van der Waals surface area contributed by atoms with Crippen LogP contribution in [-0.2, 0) is 40.1 Å². The Morgan fingerprint density at radius 1 is 0.757 bits per heavy atom. The molecule has 0 saturated carbocycles. The van der Waals surface area contributed by atoms with E-state index >= 15 is 0 Å². The summed E-state index contributed by atoms with van der Waals surface area (Å²) >= 11 is 20.3. The number of hydrogen-bond acceptors (Lipinski definition) is 14. The van der Waals surface area contributed by atoms with Gasteiger partial charge in [-0.2, -0.15) is 0 Å². The van der Waals surface area contributed by atoms with Crippen LogP contribution in [0.4, 0.5) is 5.69 Å². The summed E-state index contributed by atoms with van der Waals surface area (Å²) in [5.41, 5.74) is 9.96. The third kappa shape index (κ3) is 17.1. The third-order valence-electron chi connectivity index (χ3n) is 9.77. The molecular formula is C47H43Br2Cl3N11O6P. The Hall–Kier alpha value is -6.05. The topological polar surface area (TPSA) is 233 Å². The van der Waals surface area contributed by atoms with Crippen molar-refractivity contribution in [3.63, 3.8) is 0 Å². The number of halogens is 5. The molecule has 3 atom stereocenters. The van der Waals surface area contributed by atoms with Gasteiger partial charge in [0.15, 0.2) is 11.0 Å². The fourth-order valence-corrected chi connectivity index (χ4v) is 7.43. The number of hydrogen-bond donors (Lipinski definition) is 2. The van der Waals surface area contributed by atoms with E-state index in [1.165, 1.54) is 6.20 Å². The van der Waals surface area contributed by atoms with Gasteiger partial charge in [-0.05, 0) is 132 Å². The van der Waals surface area contributed by atoms with Crippen molar-refractivity contribution in [2.75, 3.05) is 12.3 Å². The number of nitrogens with zero attached hydrogens (tertiary/aromatic N) is 9. The van der Waals surface area contributed by atoms with Crippen molar-refractivity contribution < 1.29 is 18.9 Å². The van der Waals surface area contributed by atoms with E-state index in [4.69, 9.17) is 12.2 Å². The quantitative estimate of drug-likeness (QED) is 0.0939. The van der Waals surface area contributed by atoms with Crippen LogP contribution in [0.5, 0.6) is 5.88 Å².